The number of esters is 1. The average molecular weight is 344 g/mol. The fourth-order valence-corrected chi connectivity index (χ4v) is 3.03. The normalized spacial score (nSPS) is 15.7. The fraction of sp³-hybridized carbons (Fsp3) is 0.0952. The van der Waals surface area contributed by atoms with Gasteiger partial charge in [-0.1, -0.05) is 48.5 Å². The average Bonchev–Trinajstić information content (AvgIpc) is 2.69. The number of carbonyl (C=O) groups excluding carboxylic acids is 2. The van der Waals surface area contributed by atoms with Crippen molar-refractivity contribution in [1.82, 2.24) is 4.98 Å². The van der Waals surface area contributed by atoms with Crippen LogP contribution in [0.1, 0.15) is 15.9 Å². The molecule has 0 spiro atoms. The maximum atomic E-state index is 12.7. The molecule has 0 radical (unpaired) electrons. The predicted molar refractivity (Wildman–Crippen MR) is 97.7 cm³/mol. The molecular weight excluding hydrogens is 328 g/mol. The van der Waals surface area contributed by atoms with E-state index in [2.05, 4.69) is 10.3 Å². The largest absolute Gasteiger partial charge is 0.448 e. The van der Waals surface area contributed by atoms with Crippen LogP contribution < -0.4 is 5.32 Å². The molecule has 128 valence electrons. The van der Waals surface area contributed by atoms with Gasteiger partial charge in [0.1, 0.15) is 5.82 Å². The van der Waals surface area contributed by atoms with Gasteiger partial charge < -0.3 is 10.1 Å². The SMILES string of the molecule is O=C1OC(C(=O)Nc2ncccc2-c2ccccc2)Cc2ccccc21. The summed E-state index contributed by atoms with van der Waals surface area (Å²) >= 11 is 0. The van der Waals surface area contributed by atoms with Crippen LogP contribution in [0.25, 0.3) is 11.1 Å². The molecule has 0 bridgehead atoms. The Morgan fingerprint density at radius 1 is 0.962 bits per heavy atom. The maximum Gasteiger partial charge on any atom is 0.339 e. The number of ether oxygens (including phenoxy) is 1. The van der Waals surface area contributed by atoms with Crippen LogP contribution in [-0.2, 0) is 16.0 Å². The van der Waals surface area contributed by atoms with Crippen molar-refractivity contribution in [1.29, 1.82) is 0 Å². The summed E-state index contributed by atoms with van der Waals surface area (Å²) in [7, 11) is 0. The third-order valence-electron chi connectivity index (χ3n) is 4.32. The quantitative estimate of drug-likeness (QED) is 0.739. The number of hydrogen-bond acceptors (Lipinski definition) is 4. The van der Waals surface area contributed by atoms with Gasteiger partial charge in [0.2, 0.25) is 0 Å². The van der Waals surface area contributed by atoms with Crippen molar-refractivity contribution in [3.05, 3.63) is 84.1 Å². The first kappa shape index (κ1) is 16.0. The van der Waals surface area contributed by atoms with E-state index in [0.29, 0.717) is 17.8 Å². The number of amides is 1. The van der Waals surface area contributed by atoms with Crippen molar-refractivity contribution in [2.24, 2.45) is 0 Å². The number of fused-ring (bicyclic) bond motifs is 1. The minimum atomic E-state index is -0.872. The summed E-state index contributed by atoms with van der Waals surface area (Å²) < 4.78 is 5.31. The van der Waals surface area contributed by atoms with Crippen LogP contribution in [0.5, 0.6) is 0 Å². The van der Waals surface area contributed by atoms with Crippen molar-refractivity contribution in [3.63, 3.8) is 0 Å². The second-order valence-corrected chi connectivity index (χ2v) is 6.01. The van der Waals surface area contributed by atoms with Crippen LogP contribution in [0.15, 0.2) is 72.9 Å². The van der Waals surface area contributed by atoms with Gasteiger partial charge in [0.15, 0.2) is 6.10 Å². The highest BCUT2D eigenvalue weighted by atomic mass is 16.5. The highest BCUT2D eigenvalue weighted by Gasteiger charge is 2.31. The number of anilines is 1. The molecule has 1 aliphatic rings. The van der Waals surface area contributed by atoms with Gasteiger partial charge in [-0.2, -0.15) is 0 Å². The molecule has 1 N–H and O–H groups in total. The highest BCUT2D eigenvalue weighted by Crippen LogP contribution is 2.27. The molecule has 1 amide bonds. The molecule has 0 fully saturated rings. The summed E-state index contributed by atoms with van der Waals surface area (Å²) in [4.78, 5) is 29.1. The number of cyclic esters (lactones) is 1. The first-order valence-corrected chi connectivity index (χ1v) is 8.32. The van der Waals surface area contributed by atoms with Crippen molar-refractivity contribution in [2.45, 2.75) is 12.5 Å². The van der Waals surface area contributed by atoms with Crippen LogP contribution in [0.2, 0.25) is 0 Å². The number of nitrogens with zero attached hydrogens (tertiary/aromatic N) is 1. The second kappa shape index (κ2) is 6.80. The molecule has 2 heterocycles. The highest BCUT2D eigenvalue weighted by molar-refractivity contribution is 6.01. The number of pyridine rings is 1. The topological polar surface area (TPSA) is 68.3 Å². The first-order valence-electron chi connectivity index (χ1n) is 8.32. The van der Waals surface area contributed by atoms with E-state index in [-0.39, 0.29) is 5.91 Å². The van der Waals surface area contributed by atoms with Crippen molar-refractivity contribution in [2.75, 3.05) is 5.32 Å². The minimum absolute atomic E-state index is 0.348. The number of benzene rings is 2. The molecule has 3 aromatic rings. The standard InChI is InChI=1S/C21H16N2O3/c24-20(18-13-15-9-4-5-10-17(15)21(25)26-18)23-19-16(11-6-12-22-19)14-7-2-1-3-8-14/h1-12,18H,13H2,(H,22,23,24). The summed E-state index contributed by atoms with van der Waals surface area (Å²) in [6.45, 7) is 0. The number of hydrogen-bond donors (Lipinski definition) is 1. The molecule has 5 heteroatoms. The molecule has 26 heavy (non-hydrogen) atoms. The summed E-state index contributed by atoms with van der Waals surface area (Å²) in [5.41, 5.74) is 3.08. The van der Waals surface area contributed by atoms with E-state index < -0.39 is 12.1 Å². The lowest BCUT2D eigenvalue weighted by molar-refractivity contribution is -0.125. The van der Waals surface area contributed by atoms with Crippen LogP contribution in [-0.4, -0.2) is 23.0 Å². The van der Waals surface area contributed by atoms with Gasteiger partial charge >= 0.3 is 5.97 Å². The Morgan fingerprint density at radius 3 is 2.54 bits per heavy atom. The third-order valence-corrected chi connectivity index (χ3v) is 4.32. The summed E-state index contributed by atoms with van der Waals surface area (Å²) in [6, 6.07) is 20.5. The van der Waals surface area contributed by atoms with Gasteiger partial charge in [-0.3, -0.25) is 4.79 Å². The van der Waals surface area contributed by atoms with E-state index in [1.54, 1.807) is 18.3 Å². The van der Waals surface area contributed by atoms with Gasteiger partial charge in [-0.05, 0) is 29.3 Å². The molecule has 1 aliphatic heterocycles. The van der Waals surface area contributed by atoms with Gasteiger partial charge in [0.25, 0.3) is 5.91 Å². The minimum Gasteiger partial charge on any atom is -0.448 e. The molecule has 1 atom stereocenters. The molecule has 4 rings (SSSR count). The summed E-state index contributed by atoms with van der Waals surface area (Å²) in [5, 5.41) is 2.80. The Morgan fingerprint density at radius 2 is 1.69 bits per heavy atom. The Bertz CT molecular complexity index is 970. The van der Waals surface area contributed by atoms with Crippen LogP contribution in [0.4, 0.5) is 5.82 Å². The molecule has 2 aromatic carbocycles. The zero-order valence-corrected chi connectivity index (χ0v) is 13.9. The molecular formula is C21H16N2O3. The van der Waals surface area contributed by atoms with Crippen molar-refractivity contribution < 1.29 is 14.3 Å². The van der Waals surface area contributed by atoms with Crippen molar-refractivity contribution in [3.8, 4) is 11.1 Å². The molecule has 1 aromatic heterocycles. The van der Waals surface area contributed by atoms with E-state index in [1.807, 2.05) is 54.6 Å². The lowest BCUT2D eigenvalue weighted by atomic mass is 9.98. The third kappa shape index (κ3) is 3.07. The number of nitrogens with one attached hydrogen (secondary N) is 1. The van der Waals surface area contributed by atoms with Crippen LogP contribution in [0, 0.1) is 0 Å². The summed E-state index contributed by atoms with van der Waals surface area (Å²) in [5.74, 6) is -0.418. The number of carbonyl (C=O) groups is 2. The Labute approximate surface area is 150 Å². The first-order chi connectivity index (χ1) is 12.7. The van der Waals surface area contributed by atoms with E-state index in [0.717, 1.165) is 16.7 Å². The van der Waals surface area contributed by atoms with E-state index in [1.165, 1.54) is 0 Å². The lowest BCUT2D eigenvalue weighted by Crippen LogP contribution is -2.38. The number of rotatable bonds is 3. The lowest BCUT2D eigenvalue weighted by Gasteiger charge is -2.24. The monoisotopic (exact) mass is 344 g/mol. The van der Waals surface area contributed by atoms with Crippen LogP contribution >= 0.6 is 0 Å². The predicted octanol–water partition coefficient (Wildman–Crippen LogP) is 3.47. The maximum absolute atomic E-state index is 12.7. The van der Waals surface area contributed by atoms with Crippen molar-refractivity contribution >= 4 is 17.7 Å². The molecule has 0 saturated carbocycles. The zero-order valence-electron chi connectivity index (χ0n) is 13.9. The molecule has 1 unspecified atom stereocenters. The summed E-state index contributed by atoms with van der Waals surface area (Å²) in [6.07, 6.45) is 1.09. The smallest absolute Gasteiger partial charge is 0.339 e. The van der Waals surface area contributed by atoms with Gasteiger partial charge in [0, 0.05) is 18.2 Å². The Hall–Kier alpha value is -3.47. The Balaban J connectivity index is 1.58. The second-order valence-electron chi connectivity index (χ2n) is 6.01. The van der Waals surface area contributed by atoms with Gasteiger partial charge in [-0.15, -0.1) is 0 Å². The Kier molecular flexibility index (Phi) is 4.19. The van der Waals surface area contributed by atoms with E-state index >= 15 is 0 Å². The molecule has 5 nitrogen and oxygen atoms in total. The fourth-order valence-electron chi connectivity index (χ4n) is 3.03. The molecule has 0 saturated heterocycles. The van der Waals surface area contributed by atoms with Gasteiger partial charge in [-0.25, -0.2) is 9.78 Å². The van der Waals surface area contributed by atoms with Crippen LogP contribution in [0.3, 0.4) is 0 Å². The zero-order chi connectivity index (χ0) is 17.9. The van der Waals surface area contributed by atoms with Gasteiger partial charge in [0.05, 0.1) is 5.56 Å². The molecule has 0 aliphatic carbocycles. The number of aromatic nitrogens is 1. The van der Waals surface area contributed by atoms with E-state index in [9.17, 15) is 9.59 Å². The van der Waals surface area contributed by atoms with E-state index in [4.69, 9.17) is 4.74 Å².